The van der Waals surface area contributed by atoms with Crippen molar-refractivity contribution >= 4 is 5.91 Å². The summed E-state index contributed by atoms with van der Waals surface area (Å²) in [6, 6.07) is 9.04. The summed E-state index contributed by atoms with van der Waals surface area (Å²) in [5, 5.41) is 3.26. The van der Waals surface area contributed by atoms with Crippen LogP contribution < -0.4 is 10.1 Å². The lowest BCUT2D eigenvalue weighted by molar-refractivity contribution is -0.122. The second-order valence-electron chi connectivity index (χ2n) is 9.51. The Morgan fingerprint density at radius 1 is 1.16 bits per heavy atom. The summed E-state index contributed by atoms with van der Waals surface area (Å²) < 4.78 is 7.33. The molecule has 1 saturated carbocycles. The summed E-state index contributed by atoms with van der Waals surface area (Å²) in [5.74, 6) is 1.99. The number of carbonyl (C=O) groups is 1. The van der Waals surface area contributed by atoms with E-state index in [1.165, 1.54) is 37.7 Å². The van der Waals surface area contributed by atoms with Gasteiger partial charge in [0.05, 0.1) is 7.11 Å². The van der Waals surface area contributed by atoms with Crippen molar-refractivity contribution in [1.29, 1.82) is 0 Å². The average molecular weight is 439 g/mol. The summed E-state index contributed by atoms with van der Waals surface area (Å²) >= 11 is 0. The Morgan fingerprint density at radius 3 is 2.53 bits per heavy atom. The zero-order valence-corrected chi connectivity index (χ0v) is 19.7. The van der Waals surface area contributed by atoms with E-state index in [0.29, 0.717) is 6.54 Å². The van der Waals surface area contributed by atoms with E-state index in [4.69, 9.17) is 4.74 Å². The van der Waals surface area contributed by atoms with Gasteiger partial charge in [0.15, 0.2) is 0 Å². The largest absolute Gasteiger partial charge is 0.497 e. The number of nitrogens with zero attached hydrogens (tertiary/aromatic N) is 3. The summed E-state index contributed by atoms with van der Waals surface area (Å²) in [4.78, 5) is 19.5. The Bertz CT molecular complexity index is 862. The quantitative estimate of drug-likeness (QED) is 0.678. The van der Waals surface area contributed by atoms with Gasteiger partial charge in [-0.3, -0.25) is 4.79 Å². The van der Waals surface area contributed by atoms with E-state index in [1.807, 2.05) is 10.8 Å². The van der Waals surface area contributed by atoms with Crippen molar-refractivity contribution in [3.05, 3.63) is 48.0 Å². The zero-order valence-electron chi connectivity index (χ0n) is 19.7. The van der Waals surface area contributed by atoms with Gasteiger partial charge in [0.25, 0.3) is 0 Å². The Labute approximate surface area is 192 Å². The highest BCUT2D eigenvalue weighted by Gasteiger charge is 2.36. The number of piperidine rings is 1. The number of ether oxygens (including phenoxy) is 1. The molecule has 2 heterocycles. The highest BCUT2D eigenvalue weighted by molar-refractivity contribution is 5.76. The second-order valence-corrected chi connectivity index (χ2v) is 9.51. The van der Waals surface area contributed by atoms with Crippen LogP contribution >= 0.6 is 0 Å². The number of aromatic nitrogens is 2. The Balaban J connectivity index is 1.32. The highest BCUT2D eigenvalue weighted by Crippen LogP contribution is 2.41. The first-order valence-electron chi connectivity index (χ1n) is 12.3. The van der Waals surface area contributed by atoms with E-state index in [-0.39, 0.29) is 17.4 Å². The minimum atomic E-state index is 0.0955. The van der Waals surface area contributed by atoms with Crippen LogP contribution in [0.3, 0.4) is 0 Å². The van der Waals surface area contributed by atoms with E-state index in [0.717, 1.165) is 50.5 Å². The van der Waals surface area contributed by atoms with Crippen LogP contribution in [0, 0.1) is 0 Å². The van der Waals surface area contributed by atoms with E-state index in [9.17, 15) is 4.79 Å². The monoisotopic (exact) mass is 438 g/mol. The molecule has 1 amide bonds. The van der Waals surface area contributed by atoms with Gasteiger partial charge in [-0.25, -0.2) is 4.98 Å². The normalized spacial score (nSPS) is 19.6. The van der Waals surface area contributed by atoms with E-state index in [1.54, 1.807) is 13.3 Å². The van der Waals surface area contributed by atoms with Gasteiger partial charge >= 0.3 is 0 Å². The minimum absolute atomic E-state index is 0.0955. The fraction of sp³-hybridized carbons (Fsp3) is 0.615. The van der Waals surface area contributed by atoms with Crippen molar-refractivity contribution in [2.45, 2.75) is 76.3 Å². The van der Waals surface area contributed by atoms with Gasteiger partial charge in [0.2, 0.25) is 5.91 Å². The third kappa shape index (κ3) is 5.34. The Morgan fingerprint density at radius 2 is 1.88 bits per heavy atom. The fourth-order valence-electron chi connectivity index (χ4n) is 5.60. The molecule has 0 atom stereocenters. The molecule has 2 aliphatic rings. The lowest BCUT2D eigenvalue weighted by Crippen LogP contribution is -2.49. The lowest BCUT2D eigenvalue weighted by atomic mass is 9.69. The van der Waals surface area contributed by atoms with Crippen LogP contribution in [-0.2, 0) is 23.2 Å². The van der Waals surface area contributed by atoms with Gasteiger partial charge in [0, 0.05) is 49.9 Å². The maximum atomic E-state index is 12.5. The summed E-state index contributed by atoms with van der Waals surface area (Å²) in [5.41, 5.74) is 1.71. The number of benzene rings is 1. The number of rotatable bonds is 8. The predicted octanol–water partition coefficient (Wildman–Crippen LogP) is 3.94. The van der Waals surface area contributed by atoms with Crippen LogP contribution in [0.5, 0.6) is 5.75 Å². The molecule has 0 bridgehead atoms. The van der Waals surface area contributed by atoms with Gasteiger partial charge in [-0.15, -0.1) is 0 Å². The number of likely N-dealkylation sites (tertiary alicyclic amines) is 1. The predicted molar refractivity (Wildman–Crippen MR) is 127 cm³/mol. The third-order valence-corrected chi connectivity index (χ3v) is 7.42. The first-order valence-corrected chi connectivity index (χ1v) is 12.3. The van der Waals surface area contributed by atoms with Crippen molar-refractivity contribution in [2.75, 3.05) is 26.7 Å². The van der Waals surface area contributed by atoms with Gasteiger partial charge < -0.3 is 19.5 Å². The van der Waals surface area contributed by atoms with Gasteiger partial charge in [-0.1, -0.05) is 38.3 Å². The molecule has 174 valence electrons. The number of imidazole rings is 1. The molecule has 1 aliphatic heterocycles. The van der Waals surface area contributed by atoms with Crippen molar-refractivity contribution in [2.24, 2.45) is 0 Å². The smallest absolute Gasteiger partial charge is 0.240 e. The molecule has 32 heavy (non-hydrogen) atoms. The molecule has 2 fully saturated rings. The molecule has 0 radical (unpaired) electrons. The fourth-order valence-corrected chi connectivity index (χ4v) is 5.60. The first-order chi connectivity index (χ1) is 15.6. The van der Waals surface area contributed by atoms with Gasteiger partial charge in [-0.2, -0.15) is 0 Å². The first kappa shape index (κ1) is 22.8. The number of nitrogens with one attached hydrogen (secondary N) is 1. The molecule has 1 aliphatic carbocycles. The van der Waals surface area contributed by atoms with Crippen LogP contribution in [0.4, 0.5) is 0 Å². The van der Waals surface area contributed by atoms with E-state index in [2.05, 4.69) is 46.4 Å². The molecule has 6 heteroatoms. The molecule has 2 aromatic rings. The molecular weight excluding hydrogens is 400 g/mol. The number of methoxy groups -OCH3 is 1. The van der Waals surface area contributed by atoms with E-state index < -0.39 is 0 Å². The van der Waals surface area contributed by atoms with Crippen molar-refractivity contribution in [3.8, 4) is 5.75 Å². The number of hydrogen-bond acceptors (Lipinski definition) is 4. The van der Waals surface area contributed by atoms with Crippen molar-refractivity contribution in [1.82, 2.24) is 19.8 Å². The Kier molecular flexibility index (Phi) is 7.51. The summed E-state index contributed by atoms with van der Waals surface area (Å²) in [6.45, 7) is 5.65. The molecule has 1 N–H and O–H groups in total. The molecular formula is C26H38N4O2. The molecule has 4 rings (SSSR count). The summed E-state index contributed by atoms with van der Waals surface area (Å²) in [6.07, 6.45) is 13.1. The molecule has 6 nitrogen and oxygen atoms in total. The maximum absolute atomic E-state index is 12.5. The number of hydrogen-bond donors (Lipinski definition) is 1. The van der Waals surface area contributed by atoms with Crippen LogP contribution in [0.1, 0.15) is 63.3 Å². The highest BCUT2D eigenvalue weighted by atomic mass is 16.5. The van der Waals surface area contributed by atoms with Gasteiger partial charge in [0.1, 0.15) is 18.1 Å². The lowest BCUT2D eigenvalue weighted by Gasteiger charge is -2.44. The maximum Gasteiger partial charge on any atom is 0.240 e. The van der Waals surface area contributed by atoms with Crippen LogP contribution in [0.15, 0.2) is 36.7 Å². The van der Waals surface area contributed by atoms with Crippen molar-refractivity contribution < 1.29 is 9.53 Å². The number of amides is 1. The number of aryl methyl sites for hydroxylation is 1. The molecule has 0 spiro atoms. The topological polar surface area (TPSA) is 59.4 Å². The molecule has 0 unspecified atom stereocenters. The summed E-state index contributed by atoms with van der Waals surface area (Å²) in [7, 11) is 1.73. The Hall–Kier alpha value is -2.34. The van der Waals surface area contributed by atoms with Gasteiger partial charge in [-0.05, 0) is 43.4 Å². The van der Waals surface area contributed by atoms with Crippen LogP contribution in [0.2, 0.25) is 0 Å². The van der Waals surface area contributed by atoms with Crippen LogP contribution in [0.25, 0.3) is 0 Å². The SMILES string of the molecule is CCc1nccn1CC(=O)NC1CCN(CC2(c3ccc(OC)cc3)CCCCC2)CC1. The minimum Gasteiger partial charge on any atom is -0.497 e. The standard InChI is InChI=1S/C26H38N4O2/c1-3-24-27-15-18-30(24)19-25(31)28-22-11-16-29(17-12-22)20-26(13-5-4-6-14-26)21-7-9-23(32-2)10-8-21/h7-10,15,18,22H,3-6,11-14,16-17,19-20H2,1-2H3,(H,28,31). The van der Waals surface area contributed by atoms with E-state index >= 15 is 0 Å². The number of carbonyl (C=O) groups excluding carboxylic acids is 1. The molecule has 1 aromatic carbocycles. The second kappa shape index (κ2) is 10.5. The third-order valence-electron chi connectivity index (χ3n) is 7.42. The molecule has 1 saturated heterocycles. The molecule has 1 aromatic heterocycles. The van der Waals surface area contributed by atoms with Crippen LogP contribution in [-0.4, -0.2) is 53.1 Å². The zero-order chi connectivity index (χ0) is 22.4. The average Bonchev–Trinajstić information content (AvgIpc) is 3.28. The van der Waals surface area contributed by atoms with Crippen molar-refractivity contribution in [3.63, 3.8) is 0 Å².